The van der Waals surface area contributed by atoms with Gasteiger partial charge in [-0.25, -0.2) is 0 Å². The van der Waals surface area contributed by atoms with Crippen molar-refractivity contribution in [3.05, 3.63) is 42.1 Å². The highest BCUT2D eigenvalue weighted by molar-refractivity contribution is 5.16. The molecule has 2 rings (SSSR count). The normalized spacial score (nSPS) is 11.9. The molecule has 86 valence electrons. The van der Waals surface area contributed by atoms with E-state index < -0.39 is 0 Å². The highest BCUT2D eigenvalue weighted by Gasteiger charge is 2.21. The van der Waals surface area contributed by atoms with Gasteiger partial charge in [0.1, 0.15) is 0 Å². The van der Waals surface area contributed by atoms with Crippen LogP contribution in [0.25, 0.3) is 0 Å². The van der Waals surface area contributed by atoms with Crippen LogP contribution in [0, 0.1) is 0 Å². The molecule has 0 radical (unpaired) electrons. The number of aryl methyl sites for hydroxylation is 1. The third kappa shape index (κ3) is 2.33. The highest BCUT2D eigenvalue weighted by atomic mass is 16.3. The minimum absolute atomic E-state index is 0.0917. The van der Waals surface area contributed by atoms with E-state index in [-0.39, 0.29) is 5.54 Å². The molecule has 0 unspecified atom stereocenters. The van der Waals surface area contributed by atoms with Crippen molar-refractivity contribution in [3.8, 4) is 0 Å². The van der Waals surface area contributed by atoms with Crippen LogP contribution in [0.15, 0.2) is 35.4 Å². The molecule has 1 N–H and O–H groups in total. The lowest BCUT2D eigenvalue weighted by Crippen LogP contribution is -2.35. The molecule has 0 fully saturated rings. The van der Waals surface area contributed by atoms with Gasteiger partial charge in [-0.1, -0.05) is 0 Å². The minimum Gasteiger partial charge on any atom is -0.472 e. The minimum atomic E-state index is -0.0917. The summed E-state index contributed by atoms with van der Waals surface area (Å²) in [6.45, 7) is 5.08. The van der Waals surface area contributed by atoms with E-state index >= 15 is 0 Å². The standard InChI is InChI=1S/C12H17N3O/c1-12(2,11-7-14-15(3)8-11)13-6-10-4-5-16-9-10/h4-5,7-9,13H,6H2,1-3H3. The summed E-state index contributed by atoms with van der Waals surface area (Å²) in [5.41, 5.74) is 2.24. The first-order valence-electron chi connectivity index (χ1n) is 5.33. The Morgan fingerprint density at radius 2 is 2.31 bits per heavy atom. The summed E-state index contributed by atoms with van der Waals surface area (Å²) in [6, 6.07) is 1.96. The van der Waals surface area contributed by atoms with Crippen LogP contribution in [-0.4, -0.2) is 9.78 Å². The van der Waals surface area contributed by atoms with E-state index in [0.29, 0.717) is 0 Å². The summed E-state index contributed by atoms with van der Waals surface area (Å²) in [4.78, 5) is 0. The van der Waals surface area contributed by atoms with Gasteiger partial charge in [0, 0.05) is 36.5 Å². The van der Waals surface area contributed by atoms with E-state index in [1.807, 2.05) is 30.2 Å². The number of aromatic nitrogens is 2. The van der Waals surface area contributed by atoms with E-state index in [0.717, 1.165) is 12.1 Å². The van der Waals surface area contributed by atoms with Crippen LogP contribution < -0.4 is 5.32 Å². The number of hydrogen-bond donors (Lipinski definition) is 1. The van der Waals surface area contributed by atoms with Crippen LogP contribution in [0.2, 0.25) is 0 Å². The number of rotatable bonds is 4. The van der Waals surface area contributed by atoms with E-state index in [2.05, 4.69) is 24.3 Å². The first kappa shape index (κ1) is 11.0. The zero-order chi connectivity index (χ0) is 11.6. The number of furan rings is 1. The van der Waals surface area contributed by atoms with Gasteiger partial charge in [0.15, 0.2) is 0 Å². The van der Waals surface area contributed by atoms with E-state index in [9.17, 15) is 0 Å². The first-order chi connectivity index (χ1) is 7.58. The molecule has 0 bridgehead atoms. The Morgan fingerprint density at radius 1 is 1.50 bits per heavy atom. The lowest BCUT2D eigenvalue weighted by molar-refractivity contribution is 0.399. The van der Waals surface area contributed by atoms with Gasteiger partial charge in [-0.15, -0.1) is 0 Å². The van der Waals surface area contributed by atoms with Crippen molar-refractivity contribution < 1.29 is 4.42 Å². The second-order valence-corrected chi connectivity index (χ2v) is 4.51. The van der Waals surface area contributed by atoms with Gasteiger partial charge < -0.3 is 9.73 Å². The molecular formula is C12H17N3O. The smallest absolute Gasteiger partial charge is 0.0947 e. The Bertz CT molecular complexity index is 443. The average Bonchev–Trinajstić information content (AvgIpc) is 2.85. The molecule has 0 aromatic carbocycles. The van der Waals surface area contributed by atoms with E-state index in [4.69, 9.17) is 4.42 Å². The second kappa shape index (κ2) is 4.14. The average molecular weight is 219 g/mol. The van der Waals surface area contributed by atoms with Crippen LogP contribution in [0.5, 0.6) is 0 Å². The SMILES string of the molecule is Cn1cc(C(C)(C)NCc2ccoc2)cn1. The number of nitrogens with one attached hydrogen (secondary N) is 1. The van der Waals surface area contributed by atoms with Crippen molar-refractivity contribution in [1.29, 1.82) is 0 Å². The fourth-order valence-electron chi connectivity index (χ4n) is 1.56. The molecule has 2 heterocycles. The van der Waals surface area contributed by atoms with Gasteiger partial charge in [0.2, 0.25) is 0 Å². The fourth-order valence-corrected chi connectivity index (χ4v) is 1.56. The fraction of sp³-hybridized carbons (Fsp3) is 0.417. The third-order valence-electron chi connectivity index (χ3n) is 2.74. The molecule has 0 spiro atoms. The molecule has 4 heteroatoms. The lowest BCUT2D eigenvalue weighted by Gasteiger charge is -2.24. The van der Waals surface area contributed by atoms with Crippen molar-refractivity contribution >= 4 is 0 Å². The summed E-state index contributed by atoms with van der Waals surface area (Å²) >= 11 is 0. The first-order valence-corrected chi connectivity index (χ1v) is 5.33. The van der Waals surface area contributed by atoms with Crippen molar-refractivity contribution in [2.45, 2.75) is 25.9 Å². The highest BCUT2D eigenvalue weighted by Crippen LogP contribution is 2.19. The maximum Gasteiger partial charge on any atom is 0.0947 e. The Morgan fingerprint density at radius 3 is 2.88 bits per heavy atom. The topological polar surface area (TPSA) is 43.0 Å². The molecule has 0 aliphatic carbocycles. The predicted octanol–water partition coefficient (Wildman–Crippen LogP) is 2.04. The third-order valence-corrected chi connectivity index (χ3v) is 2.74. The van der Waals surface area contributed by atoms with Gasteiger partial charge >= 0.3 is 0 Å². The summed E-state index contributed by atoms with van der Waals surface area (Å²) < 4.78 is 6.85. The Hall–Kier alpha value is -1.55. The van der Waals surface area contributed by atoms with E-state index in [1.54, 1.807) is 12.5 Å². The van der Waals surface area contributed by atoms with Crippen LogP contribution in [-0.2, 0) is 19.1 Å². The molecule has 4 nitrogen and oxygen atoms in total. The van der Waals surface area contributed by atoms with Gasteiger partial charge in [0.25, 0.3) is 0 Å². The van der Waals surface area contributed by atoms with Crippen LogP contribution in [0.4, 0.5) is 0 Å². The quantitative estimate of drug-likeness (QED) is 0.855. The molecule has 16 heavy (non-hydrogen) atoms. The lowest BCUT2D eigenvalue weighted by atomic mass is 9.97. The molecule has 0 atom stereocenters. The summed E-state index contributed by atoms with van der Waals surface area (Å²) in [5.74, 6) is 0. The van der Waals surface area contributed by atoms with E-state index in [1.165, 1.54) is 5.56 Å². The Labute approximate surface area is 95.3 Å². The van der Waals surface area contributed by atoms with Gasteiger partial charge in [0.05, 0.1) is 18.7 Å². The molecule has 0 aliphatic heterocycles. The molecule has 2 aromatic rings. The summed E-state index contributed by atoms with van der Waals surface area (Å²) in [6.07, 6.45) is 7.37. The second-order valence-electron chi connectivity index (χ2n) is 4.51. The summed E-state index contributed by atoms with van der Waals surface area (Å²) in [5, 5.41) is 7.66. The van der Waals surface area contributed by atoms with Crippen molar-refractivity contribution in [2.24, 2.45) is 7.05 Å². The Kier molecular flexibility index (Phi) is 2.83. The molecule has 0 saturated carbocycles. The predicted molar refractivity (Wildman–Crippen MR) is 61.8 cm³/mol. The molecule has 0 aliphatic rings. The largest absolute Gasteiger partial charge is 0.472 e. The van der Waals surface area contributed by atoms with Gasteiger partial charge in [-0.2, -0.15) is 5.10 Å². The Balaban J connectivity index is 2.02. The van der Waals surface area contributed by atoms with Gasteiger partial charge in [-0.05, 0) is 19.9 Å². The number of hydrogen-bond acceptors (Lipinski definition) is 3. The monoisotopic (exact) mass is 219 g/mol. The van der Waals surface area contributed by atoms with Gasteiger partial charge in [-0.3, -0.25) is 4.68 Å². The van der Waals surface area contributed by atoms with Crippen molar-refractivity contribution in [3.63, 3.8) is 0 Å². The van der Waals surface area contributed by atoms with Crippen LogP contribution >= 0.6 is 0 Å². The summed E-state index contributed by atoms with van der Waals surface area (Å²) in [7, 11) is 1.93. The van der Waals surface area contributed by atoms with Crippen LogP contribution in [0.3, 0.4) is 0 Å². The zero-order valence-corrected chi connectivity index (χ0v) is 9.90. The zero-order valence-electron chi connectivity index (χ0n) is 9.90. The van der Waals surface area contributed by atoms with Crippen molar-refractivity contribution in [1.82, 2.24) is 15.1 Å². The maximum absolute atomic E-state index is 5.03. The molecule has 0 saturated heterocycles. The van der Waals surface area contributed by atoms with Crippen molar-refractivity contribution in [2.75, 3.05) is 0 Å². The molecule has 0 amide bonds. The molecular weight excluding hydrogens is 202 g/mol. The maximum atomic E-state index is 5.03. The molecule has 2 aromatic heterocycles. The van der Waals surface area contributed by atoms with Crippen LogP contribution in [0.1, 0.15) is 25.0 Å². The number of nitrogens with zero attached hydrogens (tertiary/aromatic N) is 2.